The standard InChI is InChI=1S/C30H34O/c1-4-5-6-8-14-23-19-21-27(31)29(30(2,3)24-15-9-7-10-16-24)28(23)26-20-18-22-13-11-12-17-25(22)26/h7,9-13,15-21,26,31H,4-6,8,14H2,1-3H3. The molecule has 1 nitrogen and oxygen atoms in total. The zero-order valence-electron chi connectivity index (χ0n) is 19.1. The van der Waals surface area contributed by atoms with Crippen molar-refractivity contribution in [2.75, 3.05) is 0 Å². The van der Waals surface area contributed by atoms with Gasteiger partial charge in [0, 0.05) is 16.9 Å². The first-order chi connectivity index (χ1) is 15.0. The summed E-state index contributed by atoms with van der Waals surface area (Å²) < 4.78 is 0. The topological polar surface area (TPSA) is 20.2 Å². The predicted molar refractivity (Wildman–Crippen MR) is 132 cm³/mol. The number of unbranched alkanes of at least 4 members (excludes halogenated alkanes) is 3. The van der Waals surface area contributed by atoms with Gasteiger partial charge in [-0.3, -0.25) is 0 Å². The van der Waals surface area contributed by atoms with Gasteiger partial charge in [0.15, 0.2) is 0 Å². The lowest BCUT2D eigenvalue weighted by Gasteiger charge is -2.33. The molecule has 31 heavy (non-hydrogen) atoms. The van der Waals surface area contributed by atoms with Crippen molar-refractivity contribution in [2.24, 2.45) is 0 Å². The first-order valence-electron chi connectivity index (χ1n) is 11.7. The van der Waals surface area contributed by atoms with Gasteiger partial charge in [0.2, 0.25) is 0 Å². The lowest BCUT2D eigenvalue weighted by molar-refractivity contribution is 0.450. The van der Waals surface area contributed by atoms with Crippen LogP contribution in [0.25, 0.3) is 6.08 Å². The van der Waals surface area contributed by atoms with Gasteiger partial charge in [-0.25, -0.2) is 0 Å². The molecule has 0 saturated carbocycles. The maximum absolute atomic E-state index is 11.2. The second-order valence-electron chi connectivity index (χ2n) is 9.30. The Morgan fingerprint density at radius 2 is 1.58 bits per heavy atom. The molecule has 1 aliphatic rings. The number of aromatic hydroxyl groups is 1. The maximum atomic E-state index is 11.2. The number of hydrogen-bond acceptors (Lipinski definition) is 1. The number of rotatable bonds is 8. The second-order valence-corrected chi connectivity index (χ2v) is 9.30. The maximum Gasteiger partial charge on any atom is 0.119 e. The Kier molecular flexibility index (Phi) is 6.32. The minimum atomic E-state index is -0.300. The summed E-state index contributed by atoms with van der Waals surface area (Å²) in [5, 5.41) is 11.2. The highest BCUT2D eigenvalue weighted by Crippen LogP contribution is 2.47. The van der Waals surface area contributed by atoms with Crippen molar-refractivity contribution < 1.29 is 5.11 Å². The van der Waals surface area contributed by atoms with Crippen molar-refractivity contribution in [1.29, 1.82) is 0 Å². The molecule has 0 spiro atoms. The van der Waals surface area contributed by atoms with Crippen molar-refractivity contribution >= 4 is 6.08 Å². The van der Waals surface area contributed by atoms with E-state index in [2.05, 4.69) is 93.6 Å². The number of allylic oxidation sites excluding steroid dienone is 1. The predicted octanol–water partition coefficient (Wildman–Crippen LogP) is 8.00. The first kappa shape index (κ1) is 21.4. The Balaban J connectivity index is 1.87. The number of hydrogen-bond donors (Lipinski definition) is 1. The number of benzene rings is 3. The monoisotopic (exact) mass is 410 g/mol. The van der Waals surface area contributed by atoms with Gasteiger partial charge >= 0.3 is 0 Å². The summed E-state index contributed by atoms with van der Waals surface area (Å²) in [6.45, 7) is 6.74. The van der Waals surface area contributed by atoms with Crippen LogP contribution in [0.2, 0.25) is 0 Å². The lowest BCUT2D eigenvalue weighted by atomic mass is 9.71. The molecule has 4 rings (SSSR count). The second kappa shape index (κ2) is 9.14. The molecule has 3 aromatic rings. The van der Waals surface area contributed by atoms with E-state index >= 15 is 0 Å². The van der Waals surface area contributed by atoms with E-state index in [1.807, 2.05) is 6.07 Å². The fraction of sp³-hybridized carbons (Fsp3) is 0.333. The van der Waals surface area contributed by atoms with Crippen molar-refractivity contribution in [2.45, 2.75) is 64.2 Å². The van der Waals surface area contributed by atoms with Crippen LogP contribution in [0.15, 0.2) is 72.8 Å². The van der Waals surface area contributed by atoms with E-state index in [4.69, 9.17) is 0 Å². The van der Waals surface area contributed by atoms with Crippen LogP contribution in [0.1, 0.15) is 85.8 Å². The molecule has 0 amide bonds. The summed E-state index contributed by atoms with van der Waals surface area (Å²) in [6.07, 6.45) is 10.6. The summed E-state index contributed by atoms with van der Waals surface area (Å²) in [4.78, 5) is 0. The Morgan fingerprint density at radius 1 is 0.839 bits per heavy atom. The third-order valence-corrected chi connectivity index (χ3v) is 6.84. The molecule has 0 fully saturated rings. The van der Waals surface area contributed by atoms with Crippen LogP contribution >= 0.6 is 0 Å². The quantitative estimate of drug-likeness (QED) is 0.373. The van der Waals surface area contributed by atoms with Crippen molar-refractivity contribution in [3.8, 4) is 5.75 Å². The first-order valence-corrected chi connectivity index (χ1v) is 11.7. The normalized spacial score (nSPS) is 15.3. The van der Waals surface area contributed by atoms with Crippen LogP contribution in [-0.4, -0.2) is 5.11 Å². The van der Waals surface area contributed by atoms with Crippen molar-refractivity contribution in [3.05, 3.63) is 106 Å². The highest BCUT2D eigenvalue weighted by Gasteiger charge is 2.34. The SMILES string of the molecule is CCCCCCc1ccc(O)c(C(C)(C)c2ccccc2)c1C1C=Cc2ccccc21. The molecule has 1 aliphatic carbocycles. The van der Waals surface area contributed by atoms with E-state index in [0.29, 0.717) is 5.75 Å². The van der Waals surface area contributed by atoms with Gasteiger partial charge in [0.25, 0.3) is 0 Å². The highest BCUT2D eigenvalue weighted by molar-refractivity contribution is 5.68. The fourth-order valence-electron chi connectivity index (χ4n) is 5.12. The molecule has 1 unspecified atom stereocenters. The summed E-state index contributed by atoms with van der Waals surface area (Å²) in [5.74, 6) is 0.585. The summed E-state index contributed by atoms with van der Waals surface area (Å²) in [5.41, 5.74) is 7.30. The summed E-state index contributed by atoms with van der Waals surface area (Å²) >= 11 is 0. The molecule has 1 atom stereocenters. The smallest absolute Gasteiger partial charge is 0.119 e. The number of phenols is 1. The van der Waals surface area contributed by atoms with Gasteiger partial charge in [-0.2, -0.15) is 0 Å². The van der Waals surface area contributed by atoms with Crippen LogP contribution in [-0.2, 0) is 11.8 Å². The molecule has 0 saturated heterocycles. The minimum Gasteiger partial charge on any atom is -0.508 e. The van der Waals surface area contributed by atoms with Crippen LogP contribution in [0.5, 0.6) is 5.75 Å². The third-order valence-electron chi connectivity index (χ3n) is 6.84. The molecule has 1 heteroatoms. The zero-order chi connectivity index (χ0) is 21.8. The number of fused-ring (bicyclic) bond motifs is 1. The molecule has 0 radical (unpaired) electrons. The summed E-state index contributed by atoms with van der Waals surface area (Å²) in [7, 11) is 0. The minimum absolute atomic E-state index is 0.183. The molecule has 1 N–H and O–H groups in total. The van der Waals surface area contributed by atoms with Crippen LogP contribution in [0.4, 0.5) is 0 Å². The van der Waals surface area contributed by atoms with E-state index in [9.17, 15) is 5.11 Å². The molecule has 0 bridgehead atoms. The average Bonchev–Trinajstić information content (AvgIpc) is 3.21. The van der Waals surface area contributed by atoms with Crippen LogP contribution < -0.4 is 0 Å². The van der Waals surface area contributed by atoms with Crippen molar-refractivity contribution in [1.82, 2.24) is 0 Å². The zero-order valence-corrected chi connectivity index (χ0v) is 19.1. The average molecular weight is 411 g/mol. The van der Waals surface area contributed by atoms with Crippen molar-refractivity contribution in [3.63, 3.8) is 0 Å². The van der Waals surface area contributed by atoms with Gasteiger partial charge in [-0.1, -0.05) is 113 Å². The molecule has 0 heterocycles. The van der Waals surface area contributed by atoms with Gasteiger partial charge in [0.05, 0.1) is 0 Å². The van der Waals surface area contributed by atoms with E-state index in [1.165, 1.54) is 53.5 Å². The van der Waals surface area contributed by atoms with Gasteiger partial charge in [-0.15, -0.1) is 0 Å². The lowest BCUT2D eigenvalue weighted by Crippen LogP contribution is -2.23. The molecular weight excluding hydrogens is 376 g/mol. The highest BCUT2D eigenvalue weighted by atomic mass is 16.3. The molecule has 3 aromatic carbocycles. The van der Waals surface area contributed by atoms with E-state index in [1.54, 1.807) is 0 Å². The Morgan fingerprint density at radius 3 is 2.35 bits per heavy atom. The Labute approximate surface area is 187 Å². The Hall–Kier alpha value is -2.80. The summed E-state index contributed by atoms with van der Waals surface area (Å²) in [6, 6.07) is 23.3. The van der Waals surface area contributed by atoms with E-state index < -0.39 is 0 Å². The van der Waals surface area contributed by atoms with E-state index in [0.717, 1.165) is 12.0 Å². The number of aryl methyl sites for hydroxylation is 1. The third kappa shape index (κ3) is 4.19. The van der Waals surface area contributed by atoms with E-state index in [-0.39, 0.29) is 11.3 Å². The largest absolute Gasteiger partial charge is 0.508 e. The molecule has 0 aliphatic heterocycles. The Bertz CT molecular complexity index is 1060. The molecule has 0 aromatic heterocycles. The van der Waals surface area contributed by atoms with Crippen LogP contribution in [0, 0.1) is 0 Å². The van der Waals surface area contributed by atoms with Gasteiger partial charge in [-0.05, 0) is 46.7 Å². The molecule has 160 valence electrons. The fourth-order valence-corrected chi connectivity index (χ4v) is 5.12. The van der Waals surface area contributed by atoms with Crippen LogP contribution in [0.3, 0.4) is 0 Å². The van der Waals surface area contributed by atoms with Gasteiger partial charge < -0.3 is 5.11 Å². The molecular formula is C30H34O. The van der Waals surface area contributed by atoms with Gasteiger partial charge in [0.1, 0.15) is 5.75 Å². The number of phenolic OH excluding ortho intramolecular Hbond substituents is 1.